The number of ether oxygens (including phenoxy) is 1. The van der Waals surface area contributed by atoms with E-state index in [9.17, 15) is 18.0 Å². The SMILES string of the molecule is CS(=O)(=O)NC(=O)c1ccc(OC(=O)c2cc(I)cc(I)c2I)cc1. The van der Waals surface area contributed by atoms with Crippen LogP contribution in [0.3, 0.4) is 0 Å². The third-order valence-corrected chi connectivity index (χ3v) is 7.04. The predicted molar refractivity (Wildman–Crippen MR) is 118 cm³/mol. The summed E-state index contributed by atoms with van der Waals surface area (Å²) in [6, 6.07) is 9.32. The number of amides is 1. The zero-order chi connectivity index (χ0) is 18.8. The Labute approximate surface area is 185 Å². The molecule has 0 aliphatic heterocycles. The highest BCUT2D eigenvalue weighted by Crippen LogP contribution is 2.24. The van der Waals surface area contributed by atoms with Crippen LogP contribution in [0.15, 0.2) is 36.4 Å². The first kappa shape index (κ1) is 20.8. The number of rotatable bonds is 4. The van der Waals surface area contributed by atoms with Crippen LogP contribution in [0.25, 0.3) is 0 Å². The second kappa shape index (κ2) is 8.47. The minimum atomic E-state index is -3.64. The van der Waals surface area contributed by atoms with Crippen LogP contribution in [0.2, 0.25) is 0 Å². The molecule has 0 aliphatic carbocycles. The van der Waals surface area contributed by atoms with E-state index in [0.717, 1.165) is 17.0 Å². The van der Waals surface area contributed by atoms with E-state index in [-0.39, 0.29) is 11.3 Å². The lowest BCUT2D eigenvalue weighted by molar-refractivity contribution is 0.0733. The maximum Gasteiger partial charge on any atom is 0.344 e. The molecular formula is C15H10I3NO5S. The Kier molecular flexibility index (Phi) is 7.06. The number of sulfonamides is 1. The number of carbonyl (C=O) groups is 2. The van der Waals surface area contributed by atoms with Crippen LogP contribution in [0.1, 0.15) is 20.7 Å². The van der Waals surface area contributed by atoms with Crippen LogP contribution in [0, 0.1) is 10.7 Å². The molecule has 0 unspecified atom stereocenters. The minimum absolute atomic E-state index is 0.142. The van der Waals surface area contributed by atoms with Gasteiger partial charge in [0, 0.05) is 16.3 Å². The Morgan fingerprint density at radius 1 is 1.04 bits per heavy atom. The summed E-state index contributed by atoms with van der Waals surface area (Å²) in [6.45, 7) is 0. The van der Waals surface area contributed by atoms with Gasteiger partial charge < -0.3 is 4.74 Å². The second-order valence-electron chi connectivity index (χ2n) is 4.87. The normalized spacial score (nSPS) is 11.0. The third-order valence-electron chi connectivity index (χ3n) is 2.82. The van der Waals surface area contributed by atoms with Crippen molar-refractivity contribution in [2.45, 2.75) is 0 Å². The van der Waals surface area contributed by atoms with E-state index in [1.54, 1.807) is 6.07 Å². The molecular weight excluding hydrogens is 687 g/mol. The maximum absolute atomic E-state index is 12.4. The van der Waals surface area contributed by atoms with Crippen molar-refractivity contribution in [3.05, 3.63) is 58.2 Å². The molecule has 0 radical (unpaired) electrons. The lowest BCUT2D eigenvalue weighted by Crippen LogP contribution is -2.29. The number of esters is 1. The van der Waals surface area contributed by atoms with Gasteiger partial charge in [0.05, 0.1) is 11.8 Å². The van der Waals surface area contributed by atoms with Crippen LogP contribution in [0.5, 0.6) is 5.75 Å². The van der Waals surface area contributed by atoms with Gasteiger partial charge in [-0.25, -0.2) is 17.9 Å². The molecule has 0 saturated carbocycles. The molecule has 6 nitrogen and oxygen atoms in total. The van der Waals surface area contributed by atoms with E-state index in [0.29, 0.717) is 5.56 Å². The molecule has 1 N–H and O–H groups in total. The van der Waals surface area contributed by atoms with E-state index in [4.69, 9.17) is 4.74 Å². The van der Waals surface area contributed by atoms with Gasteiger partial charge in [-0.05, 0) is 104 Å². The standard InChI is InChI=1S/C15H10I3NO5S/c1-25(22,23)19-14(20)8-2-4-10(5-3-8)24-15(21)11-6-9(16)7-12(17)13(11)18/h2-7H,1H3,(H,19,20). The number of benzene rings is 2. The van der Waals surface area contributed by atoms with Crippen molar-refractivity contribution < 1.29 is 22.7 Å². The van der Waals surface area contributed by atoms with E-state index in [2.05, 4.69) is 67.8 Å². The summed E-state index contributed by atoms with van der Waals surface area (Å²) < 4.78 is 32.0. The average Bonchev–Trinajstić information content (AvgIpc) is 2.49. The zero-order valence-electron chi connectivity index (χ0n) is 12.5. The molecule has 0 saturated heterocycles. The van der Waals surface area contributed by atoms with Gasteiger partial charge >= 0.3 is 5.97 Å². The quantitative estimate of drug-likeness (QED) is 0.229. The molecule has 0 atom stereocenters. The third kappa shape index (κ3) is 6.02. The van der Waals surface area contributed by atoms with Gasteiger partial charge in [-0.3, -0.25) is 4.79 Å². The Bertz CT molecular complexity index is 942. The van der Waals surface area contributed by atoms with Gasteiger partial charge in [0.2, 0.25) is 10.0 Å². The molecule has 132 valence electrons. The Morgan fingerprint density at radius 3 is 2.20 bits per heavy atom. The average molecular weight is 697 g/mol. The first-order valence-corrected chi connectivity index (χ1v) is 11.7. The first-order valence-electron chi connectivity index (χ1n) is 6.56. The highest BCUT2D eigenvalue weighted by molar-refractivity contribution is 14.1. The fraction of sp³-hybridized carbons (Fsp3) is 0.0667. The fourth-order valence-corrected chi connectivity index (χ4v) is 4.60. The van der Waals surface area contributed by atoms with E-state index in [1.807, 2.05) is 10.8 Å². The first-order chi connectivity index (χ1) is 11.6. The van der Waals surface area contributed by atoms with E-state index < -0.39 is 21.9 Å². The van der Waals surface area contributed by atoms with Crippen molar-refractivity contribution in [3.63, 3.8) is 0 Å². The fourth-order valence-electron chi connectivity index (χ4n) is 1.77. The lowest BCUT2D eigenvalue weighted by Gasteiger charge is -2.09. The highest BCUT2D eigenvalue weighted by Gasteiger charge is 2.16. The Balaban J connectivity index is 2.16. The molecule has 10 heteroatoms. The summed E-state index contributed by atoms with van der Waals surface area (Å²) in [6.07, 6.45) is 0.894. The zero-order valence-corrected chi connectivity index (χ0v) is 19.8. The molecule has 2 aromatic rings. The predicted octanol–water partition coefficient (Wildman–Crippen LogP) is 3.41. The maximum atomic E-state index is 12.4. The van der Waals surface area contributed by atoms with Crippen LogP contribution < -0.4 is 9.46 Å². The Morgan fingerprint density at radius 2 is 1.64 bits per heavy atom. The second-order valence-corrected chi connectivity index (χ2v) is 10.1. The van der Waals surface area contributed by atoms with Gasteiger partial charge in [-0.1, -0.05) is 0 Å². The van der Waals surface area contributed by atoms with E-state index >= 15 is 0 Å². The number of nitrogens with one attached hydrogen (secondary N) is 1. The molecule has 0 fully saturated rings. The van der Waals surface area contributed by atoms with Crippen molar-refractivity contribution in [2.24, 2.45) is 0 Å². The van der Waals surface area contributed by atoms with Crippen LogP contribution in [-0.2, 0) is 10.0 Å². The van der Waals surface area contributed by atoms with Crippen molar-refractivity contribution in [3.8, 4) is 5.75 Å². The molecule has 1 amide bonds. The van der Waals surface area contributed by atoms with Crippen molar-refractivity contribution >= 4 is 89.7 Å². The highest BCUT2D eigenvalue weighted by atomic mass is 127. The van der Waals surface area contributed by atoms with Crippen molar-refractivity contribution in [1.29, 1.82) is 0 Å². The van der Waals surface area contributed by atoms with Crippen LogP contribution in [-0.4, -0.2) is 26.6 Å². The lowest BCUT2D eigenvalue weighted by atomic mass is 10.2. The van der Waals surface area contributed by atoms with Crippen molar-refractivity contribution in [1.82, 2.24) is 4.72 Å². The van der Waals surface area contributed by atoms with Gasteiger partial charge in [-0.2, -0.15) is 0 Å². The van der Waals surface area contributed by atoms with Crippen molar-refractivity contribution in [2.75, 3.05) is 6.26 Å². The number of hydrogen-bond donors (Lipinski definition) is 1. The summed E-state index contributed by atoms with van der Waals surface area (Å²) in [5, 5.41) is 0. The summed E-state index contributed by atoms with van der Waals surface area (Å²) >= 11 is 6.36. The monoisotopic (exact) mass is 697 g/mol. The number of hydrogen-bond acceptors (Lipinski definition) is 5. The molecule has 2 rings (SSSR count). The summed E-state index contributed by atoms with van der Waals surface area (Å²) in [4.78, 5) is 24.1. The molecule has 2 aromatic carbocycles. The van der Waals surface area contributed by atoms with Gasteiger partial charge in [-0.15, -0.1) is 0 Å². The smallest absolute Gasteiger partial charge is 0.344 e. The van der Waals surface area contributed by atoms with Gasteiger partial charge in [0.15, 0.2) is 0 Å². The summed E-state index contributed by atoms with van der Waals surface area (Å²) in [5.74, 6) is -0.998. The molecule has 0 heterocycles. The molecule has 0 aliphatic rings. The van der Waals surface area contributed by atoms with Gasteiger partial charge in [0.25, 0.3) is 5.91 Å². The molecule has 25 heavy (non-hydrogen) atoms. The number of halogens is 3. The summed E-state index contributed by atoms with van der Waals surface area (Å²) in [7, 11) is -3.64. The van der Waals surface area contributed by atoms with Gasteiger partial charge in [0.1, 0.15) is 5.75 Å². The number of carbonyl (C=O) groups excluding carboxylic acids is 2. The molecule has 0 bridgehead atoms. The Hall–Kier alpha value is -0.480. The van der Waals surface area contributed by atoms with Crippen LogP contribution >= 0.6 is 67.8 Å². The largest absolute Gasteiger partial charge is 0.423 e. The topological polar surface area (TPSA) is 89.5 Å². The molecule has 0 aromatic heterocycles. The minimum Gasteiger partial charge on any atom is -0.423 e. The summed E-state index contributed by atoms with van der Waals surface area (Å²) in [5.41, 5.74) is 0.597. The molecule has 0 spiro atoms. The van der Waals surface area contributed by atoms with E-state index in [1.165, 1.54) is 24.3 Å². The van der Waals surface area contributed by atoms with Crippen LogP contribution in [0.4, 0.5) is 0 Å².